The number of piperidine rings is 1. The molecule has 0 saturated carbocycles. The first-order valence-electron chi connectivity index (χ1n) is 5.01. The molecule has 1 rings (SSSR count). The molecule has 1 fully saturated rings. The number of rotatable bonds is 2. The fourth-order valence-corrected chi connectivity index (χ4v) is 1.61. The summed E-state index contributed by atoms with van der Waals surface area (Å²) in [5.74, 6) is -0.0628. The van der Waals surface area contributed by atoms with E-state index in [-0.39, 0.29) is 19.1 Å². The van der Waals surface area contributed by atoms with Crippen molar-refractivity contribution in [1.29, 1.82) is 0 Å². The summed E-state index contributed by atoms with van der Waals surface area (Å²) in [6.07, 6.45) is -4.01. The highest BCUT2D eigenvalue weighted by atomic mass is 19.4. The summed E-state index contributed by atoms with van der Waals surface area (Å²) in [6.45, 7) is -0.991. The Labute approximate surface area is 91.0 Å². The summed E-state index contributed by atoms with van der Waals surface area (Å²) >= 11 is 0. The molecule has 0 spiro atoms. The number of aliphatic hydroxyl groups excluding tert-OH is 1. The van der Waals surface area contributed by atoms with Crippen LogP contribution in [0.2, 0.25) is 0 Å². The Morgan fingerprint density at radius 3 is 2.75 bits per heavy atom. The molecule has 1 aliphatic rings. The Morgan fingerprint density at radius 1 is 1.50 bits per heavy atom. The molecule has 1 amide bonds. The molecule has 0 aliphatic carbocycles. The van der Waals surface area contributed by atoms with Gasteiger partial charge >= 0.3 is 12.3 Å². The van der Waals surface area contributed by atoms with Crippen molar-refractivity contribution in [2.75, 3.05) is 26.3 Å². The smallest absolute Gasteiger partial charge is 0.422 e. The molecular formula is C9H14F3NO3. The topological polar surface area (TPSA) is 49.8 Å². The lowest BCUT2D eigenvalue weighted by molar-refractivity contribution is -0.162. The summed E-state index contributed by atoms with van der Waals surface area (Å²) < 4.78 is 39.5. The van der Waals surface area contributed by atoms with E-state index >= 15 is 0 Å². The van der Waals surface area contributed by atoms with Crippen LogP contribution in [0.3, 0.4) is 0 Å². The average Bonchev–Trinajstić information content (AvgIpc) is 2.25. The van der Waals surface area contributed by atoms with Crippen molar-refractivity contribution in [3.63, 3.8) is 0 Å². The van der Waals surface area contributed by atoms with Crippen LogP contribution in [0.15, 0.2) is 0 Å². The first-order chi connectivity index (χ1) is 7.42. The fourth-order valence-electron chi connectivity index (χ4n) is 1.61. The molecule has 1 unspecified atom stereocenters. The molecule has 1 atom stereocenters. The van der Waals surface area contributed by atoms with E-state index in [1.165, 1.54) is 4.90 Å². The van der Waals surface area contributed by atoms with Crippen molar-refractivity contribution in [1.82, 2.24) is 4.90 Å². The number of amides is 1. The van der Waals surface area contributed by atoms with Gasteiger partial charge in [-0.05, 0) is 18.8 Å². The third kappa shape index (κ3) is 4.26. The molecule has 1 aliphatic heterocycles. The Morgan fingerprint density at radius 2 is 2.19 bits per heavy atom. The van der Waals surface area contributed by atoms with Gasteiger partial charge in [-0.25, -0.2) is 4.79 Å². The van der Waals surface area contributed by atoms with Crippen molar-refractivity contribution in [3.05, 3.63) is 0 Å². The lowest BCUT2D eigenvalue weighted by Crippen LogP contribution is -2.42. The van der Waals surface area contributed by atoms with E-state index in [1.807, 2.05) is 0 Å². The molecule has 16 heavy (non-hydrogen) atoms. The zero-order valence-corrected chi connectivity index (χ0v) is 8.66. The molecular weight excluding hydrogens is 227 g/mol. The molecule has 0 radical (unpaired) electrons. The third-order valence-electron chi connectivity index (χ3n) is 2.39. The third-order valence-corrected chi connectivity index (χ3v) is 2.39. The molecule has 1 saturated heterocycles. The number of alkyl halides is 3. The first kappa shape index (κ1) is 13.1. The standard InChI is InChI=1S/C9H14F3NO3/c10-9(11,12)6-16-8(15)13-3-1-2-7(4-13)5-14/h7,14H,1-6H2. The first-order valence-corrected chi connectivity index (χ1v) is 5.01. The van der Waals surface area contributed by atoms with Gasteiger partial charge in [-0.2, -0.15) is 13.2 Å². The summed E-state index contributed by atoms with van der Waals surface area (Å²) in [7, 11) is 0. The Balaban J connectivity index is 2.36. The maximum Gasteiger partial charge on any atom is 0.422 e. The lowest BCUT2D eigenvalue weighted by Gasteiger charge is -2.31. The average molecular weight is 241 g/mol. The number of hydrogen-bond donors (Lipinski definition) is 1. The van der Waals surface area contributed by atoms with Crippen molar-refractivity contribution in [3.8, 4) is 0 Å². The van der Waals surface area contributed by atoms with Gasteiger partial charge in [0.25, 0.3) is 0 Å². The van der Waals surface area contributed by atoms with Crippen molar-refractivity contribution in [2.24, 2.45) is 5.92 Å². The van der Waals surface area contributed by atoms with Gasteiger partial charge in [0.1, 0.15) is 0 Å². The van der Waals surface area contributed by atoms with E-state index in [4.69, 9.17) is 5.11 Å². The SMILES string of the molecule is O=C(OCC(F)(F)F)N1CCCC(CO)C1. The highest BCUT2D eigenvalue weighted by molar-refractivity contribution is 5.67. The molecule has 0 bridgehead atoms. The number of nitrogens with zero attached hydrogens (tertiary/aromatic N) is 1. The number of halogens is 3. The second-order valence-electron chi connectivity index (χ2n) is 3.81. The van der Waals surface area contributed by atoms with Gasteiger partial charge in [0.05, 0.1) is 0 Å². The van der Waals surface area contributed by atoms with Crippen molar-refractivity contribution in [2.45, 2.75) is 19.0 Å². The monoisotopic (exact) mass is 241 g/mol. The summed E-state index contributed by atoms with van der Waals surface area (Å²) in [5.41, 5.74) is 0. The largest absolute Gasteiger partial charge is 0.440 e. The fraction of sp³-hybridized carbons (Fsp3) is 0.889. The molecule has 0 aromatic carbocycles. The molecule has 94 valence electrons. The number of aliphatic hydroxyl groups is 1. The number of hydrogen-bond acceptors (Lipinski definition) is 3. The van der Waals surface area contributed by atoms with Crippen molar-refractivity contribution >= 4 is 6.09 Å². The van der Waals surface area contributed by atoms with Gasteiger partial charge in [-0.1, -0.05) is 0 Å². The van der Waals surface area contributed by atoms with E-state index < -0.39 is 18.9 Å². The highest BCUT2D eigenvalue weighted by Crippen LogP contribution is 2.18. The van der Waals surface area contributed by atoms with Crippen LogP contribution in [-0.4, -0.2) is 48.6 Å². The number of carbonyl (C=O) groups excluding carboxylic acids is 1. The van der Waals surface area contributed by atoms with Crippen LogP contribution in [-0.2, 0) is 4.74 Å². The van der Waals surface area contributed by atoms with E-state index in [1.54, 1.807) is 0 Å². The van der Waals surface area contributed by atoms with E-state index in [0.29, 0.717) is 13.0 Å². The second kappa shape index (κ2) is 5.38. The van der Waals surface area contributed by atoms with E-state index in [2.05, 4.69) is 4.74 Å². The summed E-state index contributed by atoms with van der Waals surface area (Å²) in [5, 5.41) is 8.89. The lowest BCUT2D eigenvalue weighted by atomic mass is 10.00. The molecule has 1 N–H and O–H groups in total. The number of carbonyl (C=O) groups is 1. The Hall–Kier alpha value is -0.980. The molecule has 7 heteroatoms. The zero-order chi connectivity index (χ0) is 12.2. The van der Waals surface area contributed by atoms with Crippen LogP contribution in [0.4, 0.5) is 18.0 Å². The minimum atomic E-state index is -4.50. The van der Waals surface area contributed by atoms with Crippen molar-refractivity contribution < 1.29 is 27.8 Å². The predicted octanol–water partition coefficient (Wildman–Crippen LogP) is 1.39. The number of likely N-dealkylation sites (tertiary alicyclic amines) is 1. The quantitative estimate of drug-likeness (QED) is 0.794. The predicted molar refractivity (Wildman–Crippen MR) is 48.8 cm³/mol. The Bertz CT molecular complexity index is 245. The maximum atomic E-state index is 11.8. The van der Waals surface area contributed by atoms with Gasteiger partial charge in [0.15, 0.2) is 6.61 Å². The number of ether oxygens (including phenoxy) is 1. The van der Waals surface area contributed by atoms with Gasteiger partial charge in [0, 0.05) is 19.7 Å². The zero-order valence-electron chi connectivity index (χ0n) is 8.66. The Kier molecular flexibility index (Phi) is 4.40. The maximum absolute atomic E-state index is 11.8. The van der Waals surface area contributed by atoms with Gasteiger partial charge in [0.2, 0.25) is 0 Å². The minimum Gasteiger partial charge on any atom is -0.440 e. The summed E-state index contributed by atoms with van der Waals surface area (Å²) in [4.78, 5) is 12.4. The highest BCUT2D eigenvalue weighted by Gasteiger charge is 2.31. The van der Waals surface area contributed by atoms with Gasteiger partial charge in [-0.15, -0.1) is 0 Å². The molecule has 0 aromatic heterocycles. The van der Waals surface area contributed by atoms with Crippen LogP contribution < -0.4 is 0 Å². The summed E-state index contributed by atoms with van der Waals surface area (Å²) in [6, 6.07) is 0. The normalized spacial score (nSPS) is 22.0. The van der Waals surface area contributed by atoms with Gasteiger partial charge in [-0.3, -0.25) is 0 Å². The molecule has 0 aromatic rings. The molecule has 1 heterocycles. The van der Waals surface area contributed by atoms with E-state index in [9.17, 15) is 18.0 Å². The minimum absolute atomic E-state index is 0.0628. The van der Waals surface area contributed by atoms with Crippen LogP contribution in [0.25, 0.3) is 0 Å². The van der Waals surface area contributed by atoms with Crippen LogP contribution in [0, 0.1) is 5.92 Å². The molecule has 4 nitrogen and oxygen atoms in total. The second-order valence-corrected chi connectivity index (χ2v) is 3.81. The van der Waals surface area contributed by atoms with Crippen LogP contribution in [0.1, 0.15) is 12.8 Å². The van der Waals surface area contributed by atoms with Gasteiger partial charge < -0.3 is 14.7 Å². The van der Waals surface area contributed by atoms with E-state index in [0.717, 1.165) is 6.42 Å². The van der Waals surface area contributed by atoms with Crippen LogP contribution in [0.5, 0.6) is 0 Å². The van der Waals surface area contributed by atoms with Crippen LogP contribution >= 0.6 is 0 Å².